The first-order valence-corrected chi connectivity index (χ1v) is 8.39. The molecule has 0 aliphatic heterocycles. The van der Waals surface area contributed by atoms with Crippen molar-refractivity contribution in [3.8, 4) is 5.75 Å². The van der Waals surface area contributed by atoms with E-state index in [0.29, 0.717) is 5.56 Å². The highest BCUT2D eigenvalue weighted by Crippen LogP contribution is 2.31. The summed E-state index contributed by atoms with van der Waals surface area (Å²) in [6, 6.07) is 17.2. The highest BCUT2D eigenvalue weighted by molar-refractivity contribution is 6.01. The Morgan fingerprint density at radius 1 is 1.12 bits per heavy atom. The molecule has 3 heteroatoms. The van der Waals surface area contributed by atoms with Crippen molar-refractivity contribution in [3.63, 3.8) is 0 Å². The molecule has 0 saturated carbocycles. The van der Waals surface area contributed by atoms with Crippen LogP contribution in [0.4, 0.5) is 0 Å². The SMILES string of the molecule is CCCCC(C(=O)c1ccc(OC)cc1)c1cc2ccccc2o1. The van der Waals surface area contributed by atoms with Gasteiger partial charge in [-0.05, 0) is 42.8 Å². The number of methoxy groups -OCH3 is 1. The quantitative estimate of drug-likeness (QED) is 0.532. The minimum atomic E-state index is -0.245. The Morgan fingerprint density at radius 3 is 2.54 bits per heavy atom. The van der Waals surface area contributed by atoms with Crippen molar-refractivity contribution < 1.29 is 13.9 Å². The summed E-state index contributed by atoms with van der Waals surface area (Å²) in [5.74, 6) is 1.36. The molecule has 2 aromatic carbocycles. The normalized spacial score (nSPS) is 12.2. The molecular weight excluding hydrogens is 300 g/mol. The van der Waals surface area contributed by atoms with E-state index in [1.807, 2.05) is 54.6 Å². The first-order valence-electron chi connectivity index (χ1n) is 8.39. The van der Waals surface area contributed by atoms with Gasteiger partial charge in [-0.25, -0.2) is 0 Å². The van der Waals surface area contributed by atoms with Crippen LogP contribution in [0.25, 0.3) is 11.0 Å². The lowest BCUT2D eigenvalue weighted by Gasteiger charge is -2.13. The summed E-state index contributed by atoms with van der Waals surface area (Å²) in [7, 11) is 1.62. The Balaban J connectivity index is 1.93. The second kappa shape index (κ2) is 7.35. The number of unbranched alkanes of at least 4 members (excludes halogenated alkanes) is 1. The minimum absolute atomic E-state index is 0.102. The van der Waals surface area contributed by atoms with Crippen LogP contribution >= 0.6 is 0 Å². The number of fused-ring (bicyclic) bond motifs is 1. The van der Waals surface area contributed by atoms with Crippen molar-refractivity contribution in [3.05, 3.63) is 65.9 Å². The number of furan rings is 1. The van der Waals surface area contributed by atoms with E-state index < -0.39 is 0 Å². The van der Waals surface area contributed by atoms with Crippen LogP contribution < -0.4 is 4.74 Å². The van der Waals surface area contributed by atoms with Crippen LogP contribution in [0, 0.1) is 0 Å². The lowest BCUT2D eigenvalue weighted by molar-refractivity contribution is 0.0944. The summed E-state index contributed by atoms with van der Waals surface area (Å²) >= 11 is 0. The van der Waals surface area contributed by atoms with E-state index in [4.69, 9.17) is 9.15 Å². The molecule has 3 rings (SSSR count). The number of ether oxygens (including phenoxy) is 1. The molecule has 24 heavy (non-hydrogen) atoms. The fourth-order valence-corrected chi connectivity index (χ4v) is 2.94. The Labute approximate surface area is 142 Å². The molecule has 3 aromatic rings. The van der Waals surface area contributed by atoms with Crippen molar-refractivity contribution in [1.82, 2.24) is 0 Å². The highest BCUT2D eigenvalue weighted by atomic mass is 16.5. The smallest absolute Gasteiger partial charge is 0.173 e. The molecule has 0 bridgehead atoms. The van der Waals surface area contributed by atoms with Crippen LogP contribution in [-0.2, 0) is 0 Å². The summed E-state index contributed by atoms with van der Waals surface area (Å²) in [5, 5.41) is 1.04. The third-order valence-electron chi connectivity index (χ3n) is 4.33. The van der Waals surface area contributed by atoms with E-state index in [9.17, 15) is 4.79 Å². The molecule has 1 aromatic heterocycles. The predicted octanol–water partition coefficient (Wildman–Crippen LogP) is 5.60. The Kier molecular flexibility index (Phi) is 4.99. The van der Waals surface area contributed by atoms with E-state index in [-0.39, 0.29) is 11.7 Å². The van der Waals surface area contributed by atoms with E-state index >= 15 is 0 Å². The van der Waals surface area contributed by atoms with Gasteiger partial charge >= 0.3 is 0 Å². The minimum Gasteiger partial charge on any atom is -0.497 e. The van der Waals surface area contributed by atoms with Crippen LogP contribution in [0.2, 0.25) is 0 Å². The van der Waals surface area contributed by atoms with Gasteiger partial charge in [-0.3, -0.25) is 4.79 Å². The zero-order chi connectivity index (χ0) is 16.9. The van der Waals surface area contributed by atoms with Gasteiger partial charge in [-0.15, -0.1) is 0 Å². The third kappa shape index (κ3) is 3.35. The van der Waals surface area contributed by atoms with Gasteiger partial charge in [0.05, 0.1) is 13.0 Å². The Hall–Kier alpha value is -2.55. The van der Waals surface area contributed by atoms with E-state index in [0.717, 1.165) is 41.7 Å². The molecule has 0 aliphatic carbocycles. The lowest BCUT2D eigenvalue weighted by Crippen LogP contribution is -2.12. The molecule has 1 unspecified atom stereocenters. The van der Waals surface area contributed by atoms with Crippen LogP contribution in [0.15, 0.2) is 59.0 Å². The predicted molar refractivity (Wildman–Crippen MR) is 95.8 cm³/mol. The average molecular weight is 322 g/mol. The summed E-state index contributed by atoms with van der Waals surface area (Å²) in [6.07, 6.45) is 2.83. The standard InChI is InChI=1S/C21H22O3/c1-3-4-8-18(20-14-16-7-5-6-9-19(16)24-20)21(22)15-10-12-17(23-2)13-11-15/h5-7,9-14,18H,3-4,8H2,1-2H3. The number of para-hydroxylation sites is 1. The number of carbonyl (C=O) groups excluding carboxylic acids is 1. The van der Waals surface area contributed by atoms with Gasteiger partial charge in [0.1, 0.15) is 17.1 Å². The lowest BCUT2D eigenvalue weighted by atomic mass is 9.90. The summed E-state index contributed by atoms with van der Waals surface area (Å²) in [6.45, 7) is 2.13. The number of rotatable bonds is 7. The maximum absolute atomic E-state index is 13.0. The topological polar surface area (TPSA) is 39.4 Å². The third-order valence-corrected chi connectivity index (χ3v) is 4.33. The molecule has 3 nitrogen and oxygen atoms in total. The van der Waals surface area contributed by atoms with Crippen molar-refractivity contribution in [2.75, 3.05) is 7.11 Å². The molecular formula is C21H22O3. The van der Waals surface area contributed by atoms with E-state index in [1.54, 1.807) is 7.11 Å². The molecule has 0 saturated heterocycles. The van der Waals surface area contributed by atoms with E-state index in [2.05, 4.69) is 6.92 Å². The molecule has 0 N–H and O–H groups in total. The summed E-state index contributed by atoms with van der Waals surface area (Å²) in [4.78, 5) is 13.0. The molecule has 0 amide bonds. The molecule has 0 fully saturated rings. The van der Waals surface area contributed by atoms with Crippen molar-refractivity contribution in [2.24, 2.45) is 0 Å². The second-order valence-electron chi connectivity index (χ2n) is 5.97. The maximum atomic E-state index is 13.0. The monoisotopic (exact) mass is 322 g/mol. The fraction of sp³-hybridized carbons (Fsp3) is 0.286. The molecule has 1 atom stereocenters. The van der Waals surface area contributed by atoms with Crippen molar-refractivity contribution >= 4 is 16.8 Å². The van der Waals surface area contributed by atoms with Crippen LogP contribution in [0.5, 0.6) is 5.75 Å². The number of hydrogen-bond donors (Lipinski definition) is 0. The van der Waals surface area contributed by atoms with Crippen LogP contribution in [0.1, 0.15) is 48.2 Å². The number of carbonyl (C=O) groups is 1. The van der Waals surface area contributed by atoms with Crippen molar-refractivity contribution in [2.45, 2.75) is 32.1 Å². The highest BCUT2D eigenvalue weighted by Gasteiger charge is 2.25. The fourth-order valence-electron chi connectivity index (χ4n) is 2.94. The molecule has 0 spiro atoms. The zero-order valence-electron chi connectivity index (χ0n) is 14.1. The first-order chi connectivity index (χ1) is 11.7. The molecule has 0 radical (unpaired) electrons. The van der Waals surface area contributed by atoms with Crippen molar-refractivity contribution in [1.29, 1.82) is 0 Å². The van der Waals surface area contributed by atoms with Gasteiger partial charge in [0.25, 0.3) is 0 Å². The van der Waals surface area contributed by atoms with Gasteiger partial charge in [0.2, 0.25) is 0 Å². The van der Waals surface area contributed by atoms with Gasteiger partial charge in [-0.1, -0.05) is 38.0 Å². The zero-order valence-corrected chi connectivity index (χ0v) is 14.1. The number of Topliss-reactive ketones (excluding diaryl/α,β-unsaturated/α-hetero) is 1. The van der Waals surface area contributed by atoms with Gasteiger partial charge in [0.15, 0.2) is 5.78 Å². The van der Waals surface area contributed by atoms with Crippen LogP contribution in [-0.4, -0.2) is 12.9 Å². The molecule has 0 aliphatic rings. The van der Waals surface area contributed by atoms with Gasteiger partial charge in [-0.2, -0.15) is 0 Å². The maximum Gasteiger partial charge on any atom is 0.173 e. The summed E-state index contributed by atoms with van der Waals surface area (Å²) < 4.78 is 11.1. The molecule has 1 heterocycles. The first kappa shape index (κ1) is 16.3. The Bertz CT molecular complexity index is 781. The van der Waals surface area contributed by atoms with Gasteiger partial charge in [0, 0.05) is 10.9 Å². The number of benzene rings is 2. The van der Waals surface area contributed by atoms with Crippen LogP contribution in [0.3, 0.4) is 0 Å². The average Bonchev–Trinajstić information content (AvgIpc) is 3.05. The number of ketones is 1. The summed E-state index contributed by atoms with van der Waals surface area (Å²) in [5.41, 5.74) is 1.52. The Morgan fingerprint density at radius 2 is 1.88 bits per heavy atom. The van der Waals surface area contributed by atoms with Gasteiger partial charge < -0.3 is 9.15 Å². The number of hydrogen-bond acceptors (Lipinski definition) is 3. The van der Waals surface area contributed by atoms with E-state index in [1.165, 1.54) is 0 Å². The second-order valence-corrected chi connectivity index (χ2v) is 5.97. The molecule has 124 valence electrons. The largest absolute Gasteiger partial charge is 0.497 e.